The van der Waals surface area contributed by atoms with Crippen LogP contribution in [0.2, 0.25) is 0 Å². The van der Waals surface area contributed by atoms with Gasteiger partial charge in [-0.25, -0.2) is 9.59 Å². The van der Waals surface area contributed by atoms with E-state index in [0.717, 1.165) is 25.2 Å². The first-order chi connectivity index (χ1) is 12.3. The average molecular weight is 386 g/mol. The summed E-state index contributed by atoms with van der Waals surface area (Å²) in [5.74, 6) is 0.773. The lowest BCUT2D eigenvalue weighted by Crippen LogP contribution is -2.44. The number of hydrogen-bond acceptors (Lipinski definition) is 4. The maximum Gasteiger partial charge on any atom is 0.437 e. The smallest absolute Gasteiger partial charge is 0.437 e. The number of nitrogens with zero attached hydrogens (tertiary/aromatic N) is 1. The van der Waals surface area contributed by atoms with Crippen molar-refractivity contribution >= 4 is 18.1 Å². The average Bonchev–Trinajstić information content (AvgIpc) is 2.41. The van der Waals surface area contributed by atoms with Crippen LogP contribution in [0.5, 0.6) is 0 Å². The van der Waals surface area contributed by atoms with E-state index >= 15 is 0 Å². The molecule has 2 amide bonds. The molecular formula is C20H39N3O4. The number of nitrogens with one attached hydrogen (secondary N) is 2. The van der Waals surface area contributed by atoms with Crippen LogP contribution in [-0.2, 0) is 9.47 Å². The van der Waals surface area contributed by atoms with Crippen molar-refractivity contribution in [3.8, 4) is 0 Å². The summed E-state index contributed by atoms with van der Waals surface area (Å²) >= 11 is 0. The van der Waals surface area contributed by atoms with Crippen molar-refractivity contribution in [2.75, 3.05) is 6.54 Å². The summed E-state index contributed by atoms with van der Waals surface area (Å²) in [6, 6.07) is 0. The van der Waals surface area contributed by atoms with Gasteiger partial charge in [0.15, 0.2) is 0 Å². The van der Waals surface area contributed by atoms with Gasteiger partial charge in [-0.15, -0.1) is 4.99 Å². The third kappa shape index (κ3) is 17.4. The number of carbonyl (C=O) groups is 2. The Kier molecular flexibility index (Phi) is 11.0. The van der Waals surface area contributed by atoms with E-state index in [9.17, 15) is 9.59 Å². The molecule has 27 heavy (non-hydrogen) atoms. The minimum Gasteiger partial charge on any atom is -0.444 e. The third-order valence-corrected chi connectivity index (χ3v) is 3.22. The van der Waals surface area contributed by atoms with E-state index in [0.29, 0.717) is 6.54 Å². The number of rotatable bonds is 7. The highest BCUT2D eigenvalue weighted by molar-refractivity contribution is 5.98. The van der Waals surface area contributed by atoms with Crippen molar-refractivity contribution < 1.29 is 19.1 Å². The third-order valence-electron chi connectivity index (χ3n) is 3.22. The molecule has 2 N–H and O–H groups in total. The Balaban J connectivity index is 4.60. The Labute approximate surface area is 164 Å². The summed E-state index contributed by atoms with van der Waals surface area (Å²) in [6.45, 7) is 15.6. The zero-order valence-corrected chi connectivity index (χ0v) is 18.4. The Morgan fingerprint density at radius 1 is 0.889 bits per heavy atom. The lowest BCUT2D eigenvalue weighted by molar-refractivity contribution is 0.0560. The number of guanidine groups is 1. The number of aliphatic imine (C=N–C) groups is 1. The topological polar surface area (TPSA) is 89.0 Å². The first-order valence-electron chi connectivity index (χ1n) is 9.84. The second-order valence-corrected chi connectivity index (χ2v) is 9.09. The Morgan fingerprint density at radius 2 is 1.44 bits per heavy atom. The molecule has 0 aliphatic heterocycles. The van der Waals surface area contributed by atoms with Crippen molar-refractivity contribution in [3.63, 3.8) is 0 Å². The van der Waals surface area contributed by atoms with E-state index in [2.05, 4.69) is 29.5 Å². The fourth-order valence-electron chi connectivity index (χ4n) is 2.13. The lowest BCUT2D eigenvalue weighted by atomic mass is 10.0. The fraction of sp³-hybridized carbons (Fsp3) is 0.850. The summed E-state index contributed by atoms with van der Waals surface area (Å²) < 4.78 is 10.4. The van der Waals surface area contributed by atoms with Crippen molar-refractivity contribution in [1.29, 1.82) is 0 Å². The fourth-order valence-corrected chi connectivity index (χ4v) is 2.13. The number of carbonyl (C=O) groups excluding carboxylic acids is 2. The maximum absolute atomic E-state index is 12.0. The van der Waals surface area contributed by atoms with Crippen molar-refractivity contribution in [2.45, 2.75) is 98.7 Å². The molecule has 0 unspecified atom stereocenters. The number of alkyl carbamates (subject to hydrolysis) is 1. The molecule has 7 heteroatoms. The quantitative estimate of drug-likeness (QED) is 0.366. The van der Waals surface area contributed by atoms with E-state index in [1.54, 1.807) is 41.5 Å². The molecule has 0 atom stereocenters. The molecule has 0 aromatic carbocycles. The molecule has 7 nitrogen and oxygen atoms in total. The Hall–Kier alpha value is -1.79. The van der Waals surface area contributed by atoms with Gasteiger partial charge in [-0.3, -0.25) is 5.32 Å². The van der Waals surface area contributed by atoms with Gasteiger partial charge in [0.25, 0.3) is 0 Å². The molecule has 0 aliphatic carbocycles. The molecule has 0 bridgehead atoms. The van der Waals surface area contributed by atoms with Gasteiger partial charge < -0.3 is 14.8 Å². The van der Waals surface area contributed by atoms with Crippen molar-refractivity contribution in [1.82, 2.24) is 10.6 Å². The molecule has 0 saturated carbocycles. The first kappa shape index (κ1) is 25.2. The van der Waals surface area contributed by atoms with Crippen LogP contribution in [0.1, 0.15) is 87.5 Å². The summed E-state index contributed by atoms with van der Waals surface area (Å²) in [7, 11) is 0. The zero-order valence-electron chi connectivity index (χ0n) is 18.4. The number of ether oxygens (including phenoxy) is 2. The van der Waals surface area contributed by atoms with Gasteiger partial charge in [-0.2, -0.15) is 0 Å². The predicted molar refractivity (Wildman–Crippen MR) is 109 cm³/mol. The minimum absolute atomic E-state index is 0.0423. The Bertz CT molecular complexity index is 488. The van der Waals surface area contributed by atoms with Gasteiger partial charge in [0, 0.05) is 6.54 Å². The maximum atomic E-state index is 12.0. The minimum atomic E-state index is -0.766. The highest BCUT2D eigenvalue weighted by atomic mass is 16.6. The van der Waals surface area contributed by atoms with E-state index in [1.807, 2.05) is 0 Å². The molecular weight excluding hydrogens is 346 g/mol. The Morgan fingerprint density at radius 3 is 1.96 bits per heavy atom. The molecule has 0 radical (unpaired) electrons. The van der Waals surface area contributed by atoms with Crippen LogP contribution in [0.15, 0.2) is 4.99 Å². The van der Waals surface area contributed by atoms with Crippen LogP contribution in [0, 0.1) is 5.92 Å². The highest BCUT2D eigenvalue weighted by Gasteiger charge is 2.20. The standard InChI is InChI=1S/C20H39N3O4/c1-15(2)13-11-9-10-12-14-21-16(22-17(24)26-19(3,4)5)23-18(25)27-20(6,7)8/h15H,9-14H2,1-8H3,(H2,21,22,23,24,25). The predicted octanol–water partition coefficient (Wildman–Crippen LogP) is 5.00. The molecule has 0 aromatic heterocycles. The van der Waals surface area contributed by atoms with Crippen molar-refractivity contribution in [3.05, 3.63) is 0 Å². The van der Waals surface area contributed by atoms with Gasteiger partial charge in [0.2, 0.25) is 5.96 Å². The summed E-state index contributed by atoms with van der Waals surface area (Å²) in [6.07, 6.45) is 4.17. The summed E-state index contributed by atoms with van der Waals surface area (Å²) in [4.78, 5) is 27.7. The molecule has 0 aromatic rings. The second kappa shape index (κ2) is 11.8. The van der Waals surface area contributed by atoms with Crippen LogP contribution in [0.25, 0.3) is 0 Å². The number of hydrogen-bond donors (Lipinski definition) is 2. The van der Waals surface area contributed by atoms with E-state index in [4.69, 9.17) is 9.47 Å². The first-order valence-corrected chi connectivity index (χ1v) is 9.84. The van der Waals surface area contributed by atoms with Gasteiger partial charge in [0.05, 0.1) is 0 Å². The molecule has 0 heterocycles. The SMILES string of the molecule is CC(C)CCCCCCN/C(=N/C(=O)OC(C)(C)C)NC(=O)OC(C)(C)C. The molecule has 0 aliphatic rings. The molecule has 0 saturated heterocycles. The zero-order chi connectivity index (χ0) is 21.1. The van der Waals surface area contributed by atoms with E-state index < -0.39 is 23.4 Å². The highest BCUT2D eigenvalue weighted by Crippen LogP contribution is 2.10. The molecule has 158 valence electrons. The van der Waals surface area contributed by atoms with Crippen LogP contribution in [-0.4, -0.2) is 35.9 Å². The molecule has 0 spiro atoms. The van der Waals surface area contributed by atoms with Gasteiger partial charge in [-0.1, -0.05) is 39.5 Å². The van der Waals surface area contributed by atoms with Crippen LogP contribution in [0.4, 0.5) is 9.59 Å². The summed E-state index contributed by atoms with van der Waals surface area (Å²) in [5, 5.41) is 5.47. The lowest BCUT2D eigenvalue weighted by Gasteiger charge is -2.21. The second-order valence-electron chi connectivity index (χ2n) is 9.09. The monoisotopic (exact) mass is 385 g/mol. The van der Waals surface area contributed by atoms with Gasteiger partial charge >= 0.3 is 12.2 Å². The largest absolute Gasteiger partial charge is 0.444 e. The normalized spacial score (nSPS) is 12.7. The van der Waals surface area contributed by atoms with E-state index in [-0.39, 0.29) is 5.96 Å². The number of amides is 2. The molecule has 0 fully saturated rings. The molecule has 0 rings (SSSR count). The van der Waals surface area contributed by atoms with Gasteiger partial charge in [0.1, 0.15) is 11.2 Å². The van der Waals surface area contributed by atoms with Crippen LogP contribution in [0.3, 0.4) is 0 Å². The van der Waals surface area contributed by atoms with Crippen LogP contribution >= 0.6 is 0 Å². The van der Waals surface area contributed by atoms with E-state index in [1.165, 1.54) is 12.8 Å². The van der Waals surface area contributed by atoms with Crippen LogP contribution < -0.4 is 10.6 Å². The summed E-state index contributed by atoms with van der Waals surface area (Å²) in [5.41, 5.74) is -1.30. The number of unbranched alkanes of at least 4 members (excludes halogenated alkanes) is 3. The van der Waals surface area contributed by atoms with Gasteiger partial charge in [-0.05, 0) is 53.9 Å². The van der Waals surface area contributed by atoms with Crippen molar-refractivity contribution in [2.24, 2.45) is 10.9 Å².